The average Bonchev–Trinajstić information content (AvgIpc) is 1.22. The molecule has 5 saturated carbocycles. The lowest BCUT2D eigenvalue weighted by Gasteiger charge is -2.36. The maximum absolute atomic E-state index is 11.9. The molecule has 0 N–H and O–H groups in total. The molecule has 0 amide bonds. The third-order valence-corrected chi connectivity index (χ3v) is 19.5. The van der Waals surface area contributed by atoms with E-state index in [1.165, 1.54) is 6.42 Å². The molecule has 612 valence electrons. The smallest absolute Gasteiger partial charge is 0.344 e. The largest absolute Gasteiger partial charge is 0.465 e. The van der Waals surface area contributed by atoms with Crippen LogP contribution in [0.3, 0.4) is 0 Å². The van der Waals surface area contributed by atoms with Gasteiger partial charge in [0, 0.05) is 0 Å². The first kappa shape index (κ1) is 118. The number of hydrogen-bond donors (Lipinski definition) is 0. The minimum Gasteiger partial charge on any atom is -0.465 e. The summed E-state index contributed by atoms with van der Waals surface area (Å²) < 4.78 is 52.4. The van der Waals surface area contributed by atoms with Crippen molar-refractivity contribution in [2.24, 2.45) is 28.6 Å². The van der Waals surface area contributed by atoms with E-state index in [-0.39, 0.29) is 195 Å². The van der Waals surface area contributed by atoms with E-state index in [0.29, 0.717) is 25.7 Å². The summed E-state index contributed by atoms with van der Waals surface area (Å²) in [5.74, 6) is -3.99. The Balaban J connectivity index is -0.000000127. The summed E-state index contributed by atoms with van der Waals surface area (Å²) in [5.41, 5.74) is -2.68. The Hall–Kier alpha value is -5.30. The number of carbonyl (C=O) groups is 10. The molecule has 0 aromatic carbocycles. The third-order valence-electron chi connectivity index (χ3n) is 19.5. The zero-order valence-corrected chi connectivity index (χ0v) is 60.1. The van der Waals surface area contributed by atoms with Crippen LogP contribution in [0.2, 0.25) is 0 Å². The maximum atomic E-state index is 11.9. The molecule has 0 spiro atoms. The van der Waals surface area contributed by atoms with Crippen LogP contribution in [0.4, 0.5) is 0 Å². The molecule has 0 radical (unpaired) electrons. The molecule has 20 heteroatoms. The Morgan fingerprint density at radius 1 is 0.314 bits per heavy atom. The molecule has 5 fully saturated rings. The summed E-state index contributed by atoms with van der Waals surface area (Å²) in [7, 11) is 0. The second-order valence-corrected chi connectivity index (χ2v) is 28.0. The predicted octanol–water partition coefficient (Wildman–Crippen LogP) is 21.3. The highest BCUT2D eigenvalue weighted by Gasteiger charge is 2.40. The van der Waals surface area contributed by atoms with Gasteiger partial charge in [0.2, 0.25) is 0 Å². The van der Waals surface area contributed by atoms with E-state index in [1.54, 1.807) is 27.7 Å². The summed E-state index contributed by atoms with van der Waals surface area (Å²) in [6.45, 7) is 31.3. The second kappa shape index (κ2) is 58.9. The van der Waals surface area contributed by atoms with Crippen LogP contribution in [-0.4, -0.2) is 121 Å². The van der Waals surface area contributed by atoms with Gasteiger partial charge in [0.1, 0.15) is 34.6 Å². The van der Waals surface area contributed by atoms with Crippen LogP contribution in [0.15, 0.2) is 0 Å². The average molecular weight is 1470 g/mol. The van der Waals surface area contributed by atoms with E-state index in [9.17, 15) is 47.9 Å². The van der Waals surface area contributed by atoms with Crippen LogP contribution in [0.1, 0.15) is 385 Å². The van der Waals surface area contributed by atoms with Gasteiger partial charge in [0.25, 0.3) is 0 Å². The zero-order chi connectivity index (χ0) is 69.8. The third kappa shape index (κ3) is 44.5. The van der Waals surface area contributed by atoms with E-state index in [1.807, 2.05) is 83.1 Å². The Kier molecular flexibility index (Phi) is 68.0. The fourth-order valence-corrected chi connectivity index (χ4v) is 11.1. The van der Waals surface area contributed by atoms with Crippen LogP contribution >= 0.6 is 0 Å². The van der Waals surface area contributed by atoms with Crippen LogP contribution in [0.25, 0.3) is 0 Å². The topological polar surface area (TPSA) is 263 Å². The summed E-state index contributed by atoms with van der Waals surface area (Å²) in [5, 5.41) is 0. The molecule has 5 aliphatic rings. The van der Waals surface area contributed by atoms with Crippen LogP contribution < -0.4 is 0 Å². The molecule has 0 bridgehead atoms. The van der Waals surface area contributed by atoms with Crippen molar-refractivity contribution in [3.8, 4) is 0 Å². The monoisotopic (exact) mass is 1470 g/mol. The maximum Gasteiger partial charge on any atom is 0.344 e. The quantitative estimate of drug-likeness (QED) is 0.0497. The molecule has 0 saturated heterocycles. The lowest BCUT2D eigenvalue weighted by molar-refractivity contribution is -0.173. The van der Waals surface area contributed by atoms with Gasteiger partial charge < -0.3 is 47.4 Å². The van der Waals surface area contributed by atoms with Crippen molar-refractivity contribution in [2.45, 2.75) is 413 Å². The van der Waals surface area contributed by atoms with Crippen molar-refractivity contribution in [3.63, 3.8) is 0 Å². The van der Waals surface area contributed by atoms with Crippen LogP contribution in [-0.2, 0) is 95.3 Å². The molecule has 3 atom stereocenters. The molecule has 5 rings (SSSR count). The van der Waals surface area contributed by atoms with Gasteiger partial charge in [-0.3, -0.25) is 28.8 Å². The number of ether oxygens (including phenoxy) is 10. The highest BCUT2D eigenvalue weighted by molar-refractivity contribution is 5.81. The van der Waals surface area contributed by atoms with Crippen molar-refractivity contribution in [1.29, 1.82) is 0 Å². The SMILES string of the molecule is C.C.C.C.C.C.C.C.C.C.CCC(C)(C)C(=O)OCC(=O)OC1(C)CCCC1.CCC(C)C(=O)OCC(=O)OC1(C)CCCC1.CCC(C)C(=O)OCC(=O)OC1(CC)CCCC1.CCC(C)C(=O)OCCC(=O)OC1(CC)CCCCC1.CCC1(OC(=O)COC(=O)C(C)(C)CC)CCCC1. The fourth-order valence-electron chi connectivity index (χ4n) is 11.1. The Bertz CT molecular complexity index is 2260. The van der Waals surface area contributed by atoms with Crippen molar-refractivity contribution in [1.82, 2.24) is 0 Å². The standard InChI is InChI=1S/C16H28O4.C15H26O4.2C14H24O4.C13H22O4.10CH4/c1-4-13(3)15(18)19-12-9-14(17)20-16(5-2)10-7-6-8-11-16;1-5-14(3,4)13(17)18-11-12(16)19-15(6-2)9-7-8-10-15;1-5-13(2,3)12(16)17-10-11(15)18-14(4)8-6-7-9-14;1-4-11(3)13(16)17-10-12(15)18-14(5-2)8-6-7-9-14;1-4-10(2)12(15)16-9-11(14)17-13(3)7-5-6-8-13;;;;;;;;;;/h13H,4-12H2,1-3H3;5-11H2,1-4H3;5-10H2,1-4H3;11H,4-10H2,1-3H3;10H,4-9H2,1-3H3;10*1H4. The minimum absolute atomic E-state index is 0. The normalized spacial score (nSPS) is 17.1. The molecular formula is C82H164O20. The summed E-state index contributed by atoms with van der Waals surface area (Å²) >= 11 is 0. The second-order valence-electron chi connectivity index (χ2n) is 28.0. The minimum atomic E-state index is -0.546. The van der Waals surface area contributed by atoms with E-state index in [2.05, 4.69) is 6.92 Å². The van der Waals surface area contributed by atoms with Crippen molar-refractivity contribution in [2.75, 3.05) is 33.0 Å². The highest BCUT2D eigenvalue weighted by atomic mass is 16.6. The summed E-state index contributed by atoms with van der Waals surface area (Å²) in [6.07, 6.45) is 27.7. The Labute approximate surface area is 626 Å². The van der Waals surface area contributed by atoms with Gasteiger partial charge in [-0.2, -0.15) is 0 Å². The van der Waals surface area contributed by atoms with Gasteiger partial charge in [-0.15, -0.1) is 0 Å². The van der Waals surface area contributed by atoms with Gasteiger partial charge in [-0.1, -0.05) is 157 Å². The Morgan fingerprint density at radius 3 is 0.794 bits per heavy atom. The van der Waals surface area contributed by atoms with Crippen molar-refractivity contribution < 1.29 is 95.3 Å². The summed E-state index contributed by atoms with van der Waals surface area (Å²) in [4.78, 5) is 116. The number of esters is 10. The Morgan fingerprint density at radius 2 is 0.539 bits per heavy atom. The van der Waals surface area contributed by atoms with Gasteiger partial charge in [-0.05, 0) is 221 Å². The first-order valence-electron chi connectivity index (χ1n) is 35.1. The van der Waals surface area contributed by atoms with E-state index in [0.717, 1.165) is 154 Å². The molecule has 5 aliphatic carbocycles. The molecule has 0 heterocycles. The molecule has 0 aromatic heterocycles. The van der Waals surface area contributed by atoms with Crippen molar-refractivity contribution >= 4 is 59.7 Å². The van der Waals surface area contributed by atoms with E-state index >= 15 is 0 Å². The van der Waals surface area contributed by atoms with Crippen molar-refractivity contribution in [3.05, 3.63) is 0 Å². The van der Waals surface area contributed by atoms with Crippen LogP contribution in [0.5, 0.6) is 0 Å². The molecule has 0 aromatic rings. The predicted molar refractivity (Wildman–Crippen MR) is 417 cm³/mol. The van der Waals surface area contributed by atoms with E-state index in [4.69, 9.17) is 47.4 Å². The highest BCUT2D eigenvalue weighted by Crippen LogP contribution is 2.39. The lowest BCUT2D eigenvalue weighted by Crippen LogP contribution is -2.36. The number of hydrogen-bond acceptors (Lipinski definition) is 20. The van der Waals surface area contributed by atoms with Gasteiger partial charge in [0.05, 0.1) is 35.0 Å². The van der Waals surface area contributed by atoms with Gasteiger partial charge in [0.15, 0.2) is 26.4 Å². The molecule has 20 nitrogen and oxygen atoms in total. The number of rotatable bonds is 29. The molecular weight excluding hydrogens is 1300 g/mol. The van der Waals surface area contributed by atoms with Gasteiger partial charge in [-0.25, -0.2) is 19.2 Å². The zero-order valence-electron chi connectivity index (χ0n) is 60.1. The number of carbonyl (C=O) groups excluding carboxylic acids is 10. The fraction of sp³-hybridized carbons (Fsp3) is 0.878. The molecule has 0 aliphatic heterocycles. The molecule has 102 heavy (non-hydrogen) atoms. The first-order valence-corrected chi connectivity index (χ1v) is 35.1. The van der Waals surface area contributed by atoms with E-state index < -0.39 is 34.7 Å². The summed E-state index contributed by atoms with van der Waals surface area (Å²) in [6, 6.07) is 0. The first-order chi connectivity index (χ1) is 43.2. The lowest BCUT2D eigenvalue weighted by atomic mass is 9.83. The van der Waals surface area contributed by atoms with Crippen LogP contribution in [0, 0.1) is 28.6 Å². The van der Waals surface area contributed by atoms with Gasteiger partial charge >= 0.3 is 59.7 Å². The molecule has 3 unspecified atom stereocenters.